The van der Waals surface area contributed by atoms with E-state index in [9.17, 15) is 4.79 Å². The first-order valence-electron chi connectivity index (χ1n) is 7.80. The highest BCUT2D eigenvalue weighted by Gasteiger charge is 2.34. The van der Waals surface area contributed by atoms with Gasteiger partial charge in [-0.3, -0.25) is 4.79 Å². The van der Waals surface area contributed by atoms with Crippen LogP contribution in [0.3, 0.4) is 0 Å². The van der Waals surface area contributed by atoms with Gasteiger partial charge in [-0.05, 0) is 37.5 Å². The maximum atomic E-state index is 12.4. The highest BCUT2D eigenvalue weighted by molar-refractivity contribution is 6.31. The lowest BCUT2D eigenvalue weighted by molar-refractivity contribution is -0.114. The van der Waals surface area contributed by atoms with E-state index in [0.29, 0.717) is 17.0 Å². The molecule has 3 rings (SSSR count). The minimum atomic E-state index is -0.108. The molecule has 23 heavy (non-hydrogen) atoms. The fraction of sp³-hybridized carbons (Fsp3) is 0.421. The van der Waals surface area contributed by atoms with Gasteiger partial charge in [0.05, 0.1) is 16.9 Å². The van der Waals surface area contributed by atoms with E-state index < -0.39 is 0 Å². The number of carbonyl (C=O) groups excluding carboxylic acids is 1. The van der Waals surface area contributed by atoms with Gasteiger partial charge >= 0.3 is 0 Å². The van der Waals surface area contributed by atoms with Gasteiger partial charge in [0.15, 0.2) is 5.78 Å². The van der Waals surface area contributed by atoms with Gasteiger partial charge in [-0.2, -0.15) is 0 Å². The summed E-state index contributed by atoms with van der Waals surface area (Å²) in [5, 5.41) is 0.658. The quantitative estimate of drug-likeness (QED) is 0.780. The molecule has 4 heteroatoms. The molecule has 1 aromatic rings. The van der Waals surface area contributed by atoms with Crippen molar-refractivity contribution >= 4 is 23.1 Å². The second-order valence-corrected chi connectivity index (χ2v) is 6.85. The Kier molecular flexibility index (Phi) is 4.23. The monoisotopic (exact) mass is 329 g/mol. The van der Waals surface area contributed by atoms with Crippen molar-refractivity contribution in [2.45, 2.75) is 31.8 Å². The number of hydrogen-bond acceptors (Lipinski definition) is 3. The minimum Gasteiger partial charge on any atom is -0.378 e. The lowest BCUT2D eigenvalue weighted by Gasteiger charge is -2.41. The minimum absolute atomic E-state index is 0.0115. The number of benzene rings is 1. The first-order chi connectivity index (χ1) is 11.0. The van der Waals surface area contributed by atoms with E-state index in [1.54, 1.807) is 7.11 Å². The van der Waals surface area contributed by atoms with E-state index in [0.717, 1.165) is 42.8 Å². The van der Waals surface area contributed by atoms with Crippen LogP contribution in [-0.4, -0.2) is 36.5 Å². The van der Waals surface area contributed by atoms with Crippen molar-refractivity contribution in [1.29, 1.82) is 0 Å². The summed E-state index contributed by atoms with van der Waals surface area (Å²) in [6.45, 7) is 3.74. The Morgan fingerprint density at radius 2 is 2.04 bits per heavy atom. The lowest BCUT2D eigenvalue weighted by atomic mass is 9.85. The summed E-state index contributed by atoms with van der Waals surface area (Å²) in [5.41, 5.74) is 3.21. The molecule has 1 fully saturated rings. The van der Waals surface area contributed by atoms with Gasteiger partial charge in [0.2, 0.25) is 0 Å². The summed E-state index contributed by atoms with van der Waals surface area (Å²) in [4.78, 5) is 14.6. The average molecular weight is 330 g/mol. The molecule has 0 saturated carbocycles. The standard InChI is InChI=1S/C19H20ClNO2/c1-4-15-17(22)11-13-5-6-14(20)12-16(13)18(15)21-9-7-19(2,23-3)8-10-21/h1,5-6,12H,7-11H2,2-3H3. The van der Waals surface area contributed by atoms with Gasteiger partial charge in [-0.25, -0.2) is 0 Å². The van der Waals surface area contributed by atoms with Crippen LogP contribution in [0.4, 0.5) is 0 Å². The van der Waals surface area contributed by atoms with Crippen LogP contribution < -0.4 is 0 Å². The Hall–Kier alpha value is -1.76. The normalized spacial score (nSPS) is 20.3. The molecule has 1 aliphatic heterocycles. The van der Waals surface area contributed by atoms with E-state index in [4.69, 9.17) is 22.8 Å². The number of ketones is 1. The Labute approximate surface area is 142 Å². The molecule has 3 nitrogen and oxygen atoms in total. The van der Waals surface area contributed by atoms with Gasteiger partial charge < -0.3 is 9.64 Å². The number of fused-ring (bicyclic) bond motifs is 1. The average Bonchev–Trinajstić information content (AvgIpc) is 2.55. The molecule has 0 bridgehead atoms. The lowest BCUT2D eigenvalue weighted by Crippen LogP contribution is -2.43. The van der Waals surface area contributed by atoms with Crippen molar-refractivity contribution in [2.24, 2.45) is 0 Å². The fourth-order valence-corrected chi connectivity index (χ4v) is 3.51. The predicted molar refractivity (Wildman–Crippen MR) is 92.1 cm³/mol. The summed E-state index contributed by atoms with van der Waals surface area (Å²) >= 11 is 6.18. The number of Topliss-reactive ketones (excluding diaryl/α,β-unsaturated/α-hetero) is 1. The van der Waals surface area contributed by atoms with Crippen molar-refractivity contribution in [1.82, 2.24) is 4.90 Å². The van der Waals surface area contributed by atoms with Gasteiger partial charge in [0, 0.05) is 37.2 Å². The number of ether oxygens (including phenoxy) is 1. The summed E-state index contributed by atoms with van der Waals surface area (Å²) < 4.78 is 5.61. The third-order valence-corrected chi connectivity index (χ3v) is 5.20. The Morgan fingerprint density at radius 3 is 2.65 bits per heavy atom. The molecule has 0 amide bonds. The van der Waals surface area contributed by atoms with Crippen LogP contribution in [0.25, 0.3) is 5.70 Å². The smallest absolute Gasteiger partial charge is 0.177 e. The summed E-state index contributed by atoms with van der Waals surface area (Å²) in [6, 6.07) is 5.66. The maximum Gasteiger partial charge on any atom is 0.177 e. The Balaban J connectivity index is 2.03. The number of likely N-dealkylation sites (tertiary alicyclic amines) is 1. The Morgan fingerprint density at radius 1 is 1.35 bits per heavy atom. The Bertz CT molecular complexity index is 721. The molecule has 0 radical (unpaired) electrons. The number of terminal acetylenes is 1. The number of nitrogens with zero attached hydrogens (tertiary/aromatic N) is 1. The molecule has 0 N–H and O–H groups in total. The van der Waals surface area contributed by atoms with Crippen molar-refractivity contribution in [2.75, 3.05) is 20.2 Å². The number of halogens is 1. The number of methoxy groups -OCH3 is 1. The molecular weight excluding hydrogens is 310 g/mol. The molecule has 0 atom stereocenters. The van der Waals surface area contributed by atoms with Gasteiger partial charge in [-0.1, -0.05) is 23.6 Å². The molecule has 2 aliphatic rings. The van der Waals surface area contributed by atoms with E-state index >= 15 is 0 Å². The number of rotatable bonds is 2. The second-order valence-electron chi connectivity index (χ2n) is 6.41. The van der Waals surface area contributed by atoms with E-state index in [1.165, 1.54) is 0 Å². The SMILES string of the molecule is C#CC1=C(N2CCC(C)(OC)CC2)c2cc(Cl)ccc2CC1=O. The van der Waals surface area contributed by atoms with Crippen LogP contribution in [0.15, 0.2) is 23.8 Å². The van der Waals surface area contributed by atoms with E-state index in [2.05, 4.69) is 17.7 Å². The zero-order chi connectivity index (χ0) is 16.6. The van der Waals surface area contributed by atoms with Crippen molar-refractivity contribution in [3.05, 3.63) is 39.9 Å². The van der Waals surface area contributed by atoms with Crippen molar-refractivity contribution in [3.63, 3.8) is 0 Å². The zero-order valence-electron chi connectivity index (χ0n) is 13.5. The van der Waals surface area contributed by atoms with E-state index in [1.807, 2.05) is 18.2 Å². The van der Waals surface area contributed by atoms with Crippen LogP contribution >= 0.6 is 11.6 Å². The molecule has 0 spiro atoms. The van der Waals surface area contributed by atoms with Gasteiger partial charge in [0.1, 0.15) is 0 Å². The molecule has 1 aliphatic carbocycles. The highest BCUT2D eigenvalue weighted by atomic mass is 35.5. The summed E-state index contributed by atoms with van der Waals surface area (Å²) in [6.07, 6.45) is 7.79. The van der Waals surface area contributed by atoms with Crippen LogP contribution in [0, 0.1) is 12.3 Å². The zero-order valence-corrected chi connectivity index (χ0v) is 14.2. The molecule has 0 aromatic heterocycles. The third kappa shape index (κ3) is 2.89. The summed E-state index contributed by atoms with van der Waals surface area (Å²) in [5.74, 6) is 2.62. The highest BCUT2D eigenvalue weighted by Crippen LogP contribution is 2.37. The van der Waals surface area contributed by atoms with Gasteiger partial charge in [-0.15, -0.1) is 6.42 Å². The second kappa shape index (κ2) is 6.03. The van der Waals surface area contributed by atoms with Crippen LogP contribution in [-0.2, 0) is 16.0 Å². The molecule has 120 valence electrons. The maximum absolute atomic E-state index is 12.4. The predicted octanol–water partition coefficient (Wildman–Crippen LogP) is 3.31. The molecule has 0 unspecified atom stereocenters. The van der Waals surface area contributed by atoms with Crippen molar-refractivity contribution in [3.8, 4) is 12.3 Å². The van der Waals surface area contributed by atoms with Crippen LogP contribution in [0.1, 0.15) is 30.9 Å². The van der Waals surface area contributed by atoms with Crippen LogP contribution in [0.2, 0.25) is 5.02 Å². The number of allylic oxidation sites excluding steroid dienone is 1. The largest absolute Gasteiger partial charge is 0.378 e. The fourth-order valence-electron chi connectivity index (χ4n) is 3.34. The van der Waals surface area contributed by atoms with Crippen molar-refractivity contribution < 1.29 is 9.53 Å². The molecule has 1 saturated heterocycles. The molecule has 1 aromatic carbocycles. The molecule has 1 heterocycles. The number of hydrogen-bond donors (Lipinski definition) is 0. The first-order valence-corrected chi connectivity index (χ1v) is 8.18. The topological polar surface area (TPSA) is 29.5 Å². The van der Waals surface area contributed by atoms with Crippen LogP contribution in [0.5, 0.6) is 0 Å². The van der Waals surface area contributed by atoms with Gasteiger partial charge in [0.25, 0.3) is 0 Å². The summed E-state index contributed by atoms with van der Waals surface area (Å²) in [7, 11) is 1.75. The molecular formula is C19H20ClNO2. The number of piperidine rings is 1. The third-order valence-electron chi connectivity index (χ3n) is 4.97. The number of carbonyl (C=O) groups is 1. The van der Waals surface area contributed by atoms with E-state index in [-0.39, 0.29) is 11.4 Å². The first kappa shape index (κ1) is 16.1.